The molecule has 0 bridgehead atoms. The van der Waals surface area contributed by atoms with Gasteiger partial charge >= 0.3 is 0 Å². The highest BCUT2D eigenvalue weighted by molar-refractivity contribution is 14.1. The van der Waals surface area contributed by atoms with Gasteiger partial charge in [-0.1, -0.05) is 55.7 Å². The van der Waals surface area contributed by atoms with Crippen molar-refractivity contribution >= 4 is 22.6 Å². The lowest BCUT2D eigenvalue weighted by Gasteiger charge is -2.28. The lowest BCUT2D eigenvalue weighted by molar-refractivity contribution is 0.243. The van der Waals surface area contributed by atoms with Gasteiger partial charge in [0, 0.05) is 4.55 Å². The largest absolute Gasteiger partial charge is 0.308 e. The van der Waals surface area contributed by atoms with Gasteiger partial charge in [-0.15, -0.1) is 0 Å². The molecule has 0 heterocycles. The molecule has 0 radical (unpaired) electrons. The summed E-state index contributed by atoms with van der Waals surface area (Å²) in [5.74, 6) is 2.80. The van der Waals surface area contributed by atoms with Gasteiger partial charge in [-0.3, -0.25) is 0 Å². The molecule has 2 heteroatoms. The zero-order valence-electron chi connectivity index (χ0n) is 9.56. The topological polar surface area (TPSA) is 12.0 Å². The Morgan fingerprint density at radius 3 is 2.57 bits per heavy atom. The smallest absolute Gasteiger partial charge is 0.0480 e. The van der Waals surface area contributed by atoms with Gasteiger partial charge in [0.25, 0.3) is 0 Å². The van der Waals surface area contributed by atoms with Crippen molar-refractivity contribution in [1.29, 1.82) is 0 Å². The summed E-state index contributed by atoms with van der Waals surface area (Å²) >= 11 is 2.40. The Kier molecular flexibility index (Phi) is 6.42. The molecule has 0 aromatic carbocycles. The van der Waals surface area contributed by atoms with E-state index in [9.17, 15) is 0 Å². The number of halogens is 1. The van der Waals surface area contributed by atoms with Crippen molar-refractivity contribution in [3.63, 3.8) is 0 Å². The first kappa shape index (κ1) is 12.8. The maximum atomic E-state index is 3.49. The molecule has 0 spiro atoms. The van der Waals surface area contributed by atoms with Crippen LogP contribution in [0.2, 0.25) is 0 Å². The van der Waals surface area contributed by atoms with Crippen LogP contribution < -0.4 is 5.32 Å². The van der Waals surface area contributed by atoms with Crippen molar-refractivity contribution in [2.24, 2.45) is 17.8 Å². The van der Waals surface area contributed by atoms with Crippen molar-refractivity contribution in [2.45, 2.75) is 46.0 Å². The highest BCUT2D eigenvalue weighted by Crippen LogP contribution is 2.30. The van der Waals surface area contributed by atoms with E-state index in [0.29, 0.717) is 0 Å². The predicted octanol–water partition coefficient (Wildman–Crippen LogP) is 3.82. The van der Waals surface area contributed by atoms with Crippen LogP contribution in [0.1, 0.15) is 46.0 Å². The van der Waals surface area contributed by atoms with E-state index in [-0.39, 0.29) is 0 Å². The molecule has 1 aliphatic rings. The maximum absolute atomic E-state index is 3.49. The van der Waals surface area contributed by atoms with Crippen LogP contribution in [0.5, 0.6) is 0 Å². The van der Waals surface area contributed by atoms with Crippen molar-refractivity contribution in [3.05, 3.63) is 0 Å². The third-order valence-electron chi connectivity index (χ3n) is 3.73. The fourth-order valence-electron chi connectivity index (χ4n) is 2.50. The average molecular weight is 309 g/mol. The Labute approximate surface area is 103 Å². The molecule has 1 rings (SSSR count). The Morgan fingerprint density at radius 1 is 1.14 bits per heavy atom. The fraction of sp³-hybridized carbons (Fsp3) is 1.00. The van der Waals surface area contributed by atoms with E-state index >= 15 is 0 Å². The summed E-state index contributed by atoms with van der Waals surface area (Å²) in [7, 11) is 0. The quantitative estimate of drug-likeness (QED) is 0.475. The van der Waals surface area contributed by atoms with Gasteiger partial charge < -0.3 is 5.32 Å². The maximum Gasteiger partial charge on any atom is 0.0480 e. The first-order valence-corrected chi connectivity index (χ1v) is 7.53. The third-order valence-corrected chi connectivity index (χ3v) is 4.27. The van der Waals surface area contributed by atoms with Crippen LogP contribution in [-0.4, -0.2) is 11.1 Å². The zero-order chi connectivity index (χ0) is 10.4. The molecular formula is C12H24IN. The molecule has 3 atom stereocenters. The van der Waals surface area contributed by atoms with Crippen LogP contribution in [0, 0.1) is 17.8 Å². The minimum atomic E-state index is 0.927. The Hall–Kier alpha value is 0.690. The number of alkyl halides is 1. The monoisotopic (exact) mass is 309 g/mol. The molecule has 0 amide bonds. The van der Waals surface area contributed by atoms with Crippen LogP contribution in [0.3, 0.4) is 0 Å². The third kappa shape index (κ3) is 4.47. The van der Waals surface area contributed by atoms with Crippen molar-refractivity contribution in [3.8, 4) is 0 Å². The second kappa shape index (κ2) is 7.04. The summed E-state index contributed by atoms with van der Waals surface area (Å²) in [5.41, 5.74) is 0. The van der Waals surface area contributed by atoms with Gasteiger partial charge in [0.2, 0.25) is 0 Å². The first-order chi connectivity index (χ1) is 6.74. The summed E-state index contributed by atoms with van der Waals surface area (Å²) in [5, 5.41) is 3.49. The van der Waals surface area contributed by atoms with Crippen LogP contribution in [0.25, 0.3) is 0 Å². The lowest BCUT2D eigenvalue weighted by Crippen LogP contribution is -2.26. The number of nitrogens with one attached hydrogen (secondary N) is 1. The lowest BCUT2D eigenvalue weighted by atomic mass is 9.79. The number of hydrogen-bond acceptors (Lipinski definition) is 1. The van der Waals surface area contributed by atoms with E-state index in [1.165, 1.54) is 38.6 Å². The molecule has 14 heavy (non-hydrogen) atoms. The van der Waals surface area contributed by atoms with Crippen LogP contribution in [-0.2, 0) is 0 Å². The molecule has 1 fully saturated rings. The van der Waals surface area contributed by atoms with Crippen LogP contribution in [0.4, 0.5) is 0 Å². The fourth-order valence-corrected chi connectivity index (χ4v) is 2.82. The Balaban J connectivity index is 2.34. The minimum absolute atomic E-state index is 0.927. The molecule has 0 aromatic heterocycles. The van der Waals surface area contributed by atoms with Crippen LogP contribution >= 0.6 is 22.6 Å². The predicted molar refractivity (Wildman–Crippen MR) is 71.8 cm³/mol. The number of hydrogen-bond donors (Lipinski definition) is 1. The van der Waals surface area contributed by atoms with E-state index < -0.39 is 0 Å². The van der Waals surface area contributed by atoms with Gasteiger partial charge in [-0.05, 0) is 37.1 Å². The van der Waals surface area contributed by atoms with Crippen molar-refractivity contribution in [2.75, 3.05) is 11.1 Å². The Morgan fingerprint density at radius 2 is 1.86 bits per heavy atom. The van der Waals surface area contributed by atoms with Crippen LogP contribution in [0.15, 0.2) is 0 Å². The molecule has 0 aromatic rings. The summed E-state index contributed by atoms with van der Waals surface area (Å²) in [6.45, 7) is 6.10. The van der Waals surface area contributed by atoms with E-state index in [0.717, 1.165) is 22.3 Å². The molecule has 1 saturated carbocycles. The molecule has 1 nitrogen and oxygen atoms in total. The SMILES string of the molecule is CC1CCCCC(CNCI)CC1C. The van der Waals surface area contributed by atoms with E-state index in [1.807, 2.05) is 0 Å². The van der Waals surface area contributed by atoms with Gasteiger partial charge in [-0.25, -0.2) is 0 Å². The highest BCUT2D eigenvalue weighted by Gasteiger charge is 2.20. The number of rotatable bonds is 3. The van der Waals surface area contributed by atoms with Gasteiger partial charge in [0.05, 0.1) is 0 Å². The molecule has 1 aliphatic carbocycles. The summed E-state index contributed by atoms with van der Waals surface area (Å²) in [6.07, 6.45) is 7.23. The molecule has 0 saturated heterocycles. The van der Waals surface area contributed by atoms with E-state index in [4.69, 9.17) is 0 Å². The van der Waals surface area contributed by atoms with E-state index in [1.54, 1.807) is 0 Å². The second-order valence-electron chi connectivity index (χ2n) is 4.93. The van der Waals surface area contributed by atoms with Crippen molar-refractivity contribution in [1.82, 2.24) is 5.32 Å². The summed E-state index contributed by atoms with van der Waals surface area (Å²) in [6, 6.07) is 0. The second-order valence-corrected chi connectivity index (χ2v) is 5.69. The molecular weight excluding hydrogens is 285 g/mol. The first-order valence-electron chi connectivity index (χ1n) is 6.00. The zero-order valence-corrected chi connectivity index (χ0v) is 11.7. The standard InChI is InChI=1S/C12H24IN/c1-10-5-3-4-6-12(7-11(10)2)8-14-9-13/h10-12,14H,3-9H2,1-2H3. The van der Waals surface area contributed by atoms with E-state index in [2.05, 4.69) is 41.8 Å². The minimum Gasteiger partial charge on any atom is -0.308 e. The summed E-state index contributed by atoms with van der Waals surface area (Å²) < 4.78 is 1.10. The van der Waals surface area contributed by atoms with Gasteiger partial charge in [0.1, 0.15) is 0 Å². The molecule has 3 unspecified atom stereocenters. The average Bonchev–Trinajstić information content (AvgIpc) is 2.17. The van der Waals surface area contributed by atoms with Gasteiger partial charge in [0.15, 0.2) is 0 Å². The summed E-state index contributed by atoms with van der Waals surface area (Å²) in [4.78, 5) is 0. The molecule has 1 N–H and O–H groups in total. The molecule has 0 aliphatic heterocycles. The Bertz CT molecular complexity index is 147. The van der Waals surface area contributed by atoms with Gasteiger partial charge in [-0.2, -0.15) is 0 Å². The molecule has 84 valence electrons. The van der Waals surface area contributed by atoms with Crippen molar-refractivity contribution < 1.29 is 0 Å². The highest BCUT2D eigenvalue weighted by atomic mass is 127. The normalized spacial score (nSPS) is 34.9.